The molecule has 34 heavy (non-hydrogen) atoms. The SMILES string of the molecule is CC(C)[C@H]1C(=O)N2C(C(=O)OC(=O)c3ccc([N+](=O)[O-])cc3)=C(CN3CCC[C@H]3CO)[C@H](C)[C@H]12. The predicted molar refractivity (Wildman–Crippen MR) is 120 cm³/mol. The molecule has 3 aliphatic heterocycles. The summed E-state index contributed by atoms with van der Waals surface area (Å²) in [5.41, 5.74) is 0.662. The maximum atomic E-state index is 13.2. The topological polar surface area (TPSA) is 130 Å². The van der Waals surface area contributed by atoms with E-state index in [1.807, 2.05) is 20.8 Å². The van der Waals surface area contributed by atoms with Gasteiger partial charge in [-0.2, -0.15) is 0 Å². The monoisotopic (exact) mass is 471 g/mol. The molecule has 0 aromatic heterocycles. The summed E-state index contributed by atoms with van der Waals surface area (Å²) >= 11 is 0. The molecule has 0 saturated carbocycles. The molecule has 0 spiro atoms. The molecule has 3 aliphatic rings. The molecule has 0 aliphatic carbocycles. The van der Waals surface area contributed by atoms with Gasteiger partial charge in [0.15, 0.2) is 0 Å². The second-order valence-corrected chi connectivity index (χ2v) is 9.56. The first-order valence-corrected chi connectivity index (χ1v) is 11.6. The van der Waals surface area contributed by atoms with E-state index in [4.69, 9.17) is 4.74 Å². The molecule has 4 rings (SSSR count). The van der Waals surface area contributed by atoms with Crippen LogP contribution in [0.5, 0.6) is 0 Å². The number of likely N-dealkylation sites (tertiary alicyclic amines) is 1. The maximum Gasteiger partial charge on any atom is 0.362 e. The zero-order chi connectivity index (χ0) is 24.7. The van der Waals surface area contributed by atoms with E-state index in [1.165, 1.54) is 17.0 Å². The molecule has 182 valence electrons. The number of rotatable bonds is 7. The minimum atomic E-state index is -0.939. The van der Waals surface area contributed by atoms with Crippen molar-refractivity contribution in [3.05, 3.63) is 51.2 Å². The average molecular weight is 472 g/mol. The summed E-state index contributed by atoms with van der Waals surface area (Å²) in [7, 11) is 0. The normalized spacial score (nSPS) is 26.6. The Morgan fingerprint density at radius 3 is 2.50 bits per heavy atom. The van der Waals surface area contributed by atoms with Gasteiger partial charge in [-0.1, -0.05) is 20.8 Å². The highest BCUT2D eigenvalue weighted by molar-refractivity contribution is 6.06. The highest BCUT2D eigenvalue weighted by atomic mass is 16.6. The van der Waals surface area contributed by atoms with E-state index < -0.39 is 16.9 Å². The highest BCUT2D eigenvalue weighted by Crippen LogP contribution is 2.49. The van der Waals surface area contributed by atoms with Crippen molar-refractivity contribution in [3.8, 4) is 0 Å². The molecule has 10 heteroatoms. The summed E-state index contributed by atoms with van der Waals surface area (Å²) < 4.78 is 5.15. The van der Waals surface area contributed by atoms with Crippen molar-refractivity contribution in [3.63, 3.8) is 0 Å². The van der Waals surface area contributed by atoms with Gasteiger partial charge in [0, 0.05) is 30.6 Å². The first-order valence-electron chi connectivity index (χ1n) is 11.6. The van der Waals surface area contributed by atoms with Gasteiger partial charge in [0.1, 0.15) is 5.70 Å². The number of nitrogens with zero attached hydrogens (tertiary/aromatic N) is 3. The fourth-order valence-electron chi connectivity index (χ4n) is 5.47. The van der Waals surface area contributed by atoms with Crippen LogP contribution in [0, 0.1) is 27.9 Å². The zero-order valence-corrected chi connectivity index (χ0v) is 19.5. The van der Waals surface area contributed by atoms with Gasteiger partial charge in [0.05, 0.1) is 29.1 Å². The molecule has 1 amide bonds. The van der Waals surface area contributed by atoms with Crippen molar-refractivity contribution >= 4 is 23.5 Å². The van der Waals surface area contributed by atoms with Crippen LogP contribution < -0.4 is 0 Å². The number of esters is 2. The Labute approximate surface area is 197 Å². The largest absolute Gasteiger partial charge is 0.395 e. The molecule has 0 radical (unpaired) electrons. The first kappa shape index (κ1) is 24.0. The van der Waals surface area contributed by atoms with Gasteiger partial charge in [-0.15, -0.1) is 0 Å². The summed E-state index contributed by atoms with van der Waals surface area (Å²) in [5, 5.41) is 20.6. The number of nitro benzene ring substituents is 1. The Hall–Kier alpha value is -3.11. The Bertz CT molecular complexity index is 1050. The number of β-lactam (4-membered cyclic amide) rings is 1. The molecule has 1 aromatic carbocycles. The minimum absolute atomic E-state index is 0.00132. The second kappa shape index (κ2) is 9.27. The van der Waals surface area contributed by atoms with Crippen LogP contribution in [-0.2, 0) is 14.3 Å². The number of aliphatic hydroxyl groups is 1. The van der Waals surface area contributed by atoms with E-state index in [0.717, 1.165) is 37.1 Å². The number of aliphatic hydroxyl groups excluding tert-OH is 1. The van der Waals surface area contributed by atoms with Gasteiger partial charge in [-0.25, -0.2) is 9.59 Å². The Morgan fingerprint density at radius 2 is 1.91 bits per heavy atom. The average Bonchev–Trinajstić information content (AvgIpc) is 3.34. The van der Waals surface area contributed by atoms with E-state index in [0.29, 0.717) is 6.54 Å². The van der Waals surface area contributed by atoms with Crippen molar-refractivity contribution in [1.29, 1.82) is 0 Å². The Balaban J connectivity index is 1.61. The van der Waals surface area contributed by atoms with Crippen LogP contribution in [0.2, 0.25) is 0 Å². The number of fused-ring (bicyclic) bond motifs is 1. The van der Waals surface area contributed by atoms with Crippen LogP contribution in [0.3, 0.4) is 0 Å². The fourth-order valence-corrected chi connectivity index (χ4v) is 5.47. The van der Waals surface area contributed by atoms with E-state index in [2.05, 4.69) is 4.90 Å². The number of hydrogen-bond acceptors (Lipinski definition) is 8. The lowest BCUT2D eigenvalue weighted by atomic mass is 9.74. The smallest absolute Gasteiger partial charge is 0.362 e. The van der Waals surface area contributed by atoms with Crippen molar-refractivity contribution in [1.82, 2.24) is 9.80 Å². The van der Waals surface area contributed by atoms with Crippen LogP contribution in [-0.4, -0.2) is 69.5 Å². The van der Waals surface area contributed by atoms with Crippen molar-refractivity contribution in [2.24, 2.45) is 17.8 Å². The Kier molecular flexibility index (Phi) is 6.55. The lowest BCUT2D eigenvalue weighted by Crippen LogP contribution is -2.62. The third-order valence-corrected chi connectivity index (χ3v) is 7.29. The zero-order valence-electron chi connectivity index (χ0n) is 19.5. The number of hydrogen-bond donors (Lipinski definition) is 1. The van der Waals surface area contributed by atoms with Crippen LogP contribution >= 0.6 is 0 Å². The molecular weight excluding hydrogens is 442 g/mol. The lowest BCUT2D eigenvalue weighted by molar-refractivity contribution is -0.384. The molecule has 1 N–H and O–H groups in total. The molecule has 2 fully saturated rings. The van der Waals surface area contributed by atoms with Crippen molar-refractivity contribution in [2.45, 2.75) is 45.7 Å². The summed E-state index contributed by atoms with van der Waals surface area (Å²) in [6, 6.07) is 4.59. The number of ether oxygens (including phenoxy) is 1. The van der Waals surface area contributed by atoms with Crippen LogP contribution in [0.25, 0.3) is 0 Å². The number of carbonyl (C=O) groups is 3. The van der Waals surface area contributed by atoms with Gasteiger partial charge in [-0.05, 0) is 43.0 Å². The third-order valence-electron chi connectivity index (χ3n) is 7.29. The van der Waals surface area contributed by atoms with Gasteiger partial charge >= 0.3 is 11.9 Å². The van der Waals surface area contributed by atoms with Crippen LogP contribution in [0.4, 0.5) is 5.69 Å². The van der Waals surface area contributed by atoms with Gasteiger partial charge < -0.3 is 14.7 Å². The van der Waals surface area contributed by atoms with E-state index in [9.17, 15) is 29.6 Å². The molecule has 1 aromatic rings. The predicted octanol–water partition coefficient (Wildman–Crippen LogP) is 2.12. The quantitative estimate of drug-likeness (QED) is 0.210. The van der Waals surface area contributed by atoms with Crippen molar-refractivity contribution in [2.75, 3.05) is 19.7 Å². The number of non-ortho nitro benzene ring substituents is 1. The van der Waals surface area contributed by atoms with Gasteiger partial charge in [0.25, 0.3) is 5.69 Å². The maximum absolute atomic E-state index is 13.2. The standard InChI is InChI=1S/C24H29N3O7/c1-13(2)19-20-14(3)18(11-25-10-4-5-17(25)12-28)21(26(20)22(19)29)24(31)34-23(30)15-6-8-16(9-7-15)27(32)33/h6-9,13-14,17,19-20,28H,4-5,10-12H2,1-3H3/t14-,17-,19+,20+/m0/s1. The van der Waals surface area contributed by atoms with E-state index >= 15 is 0 Å². The van der Waals surface area contributed by atoms with E-state index in [-0.39, 0.29) is 59.3 Å². The van der Waals surface area contributed by atoms with Crippen LogP contribution in [0.15, 0.2) is 35.5 Å². The summed E-state index contributed by atoms with van der Waals surface area (Å²) in [6.07, 6.45) is 1.79. The van der Waals surface area contributed by atoms with Gasteiger partial charge in [-0.3, -0.25) is 19.8 Å². The molecule has 0 bridgehead atoms. The number of nitro groups is 1. The molecule has 0 unspecified atom stereocenters. The van der Waals surface area contributed by atoms with E-state index in [1.54, 1.807) is 0 Å². The summed E-state index contributed by atoms with van der Waals surface area (Å²) in [4.78, 5) is 52.6. The second-order valence-electron chi connectivity index (χ2n) is 9.56. The summed E-state index contributed by atoms with van der Waals surface area (Å²) in [5.74, 6) is -2.20. The number of amides is 1. The fraction of sp³-hybridized carbons (Fsp3) is 0.542. The first-order chi connectivity index (χ1) is 16.1. The van der Waals surface area contributed by atoms with Gasteiger partial charge in [0.2, 0.25) is 5.91 Å². The highest BCUT2D eigenvalue weighted by Gasteiger charge is 2.59. The number of benzene rings is 1. The Morgan fingerprint density at radius 1 is 1.24 bits per heavy atom. The molecule has 3 heterocycles. The van der Waals surface area contributed by atoms with Crippen molar-refractivity contribution < 1.29 is 29.2 Å². The minimum Gasteiger partial charge on any atom is -0.395 e. The third kappa shape index (κ3) is 4.01. The molecular formula is C24H29N3O7. The summed E-state index contributed by atoms with van der Waals surface area (Å²) in [6.45, 7) is 7.13. The molecule has 4 atom stereocenters. The van der Waals surface area contributed by atoms with Crippen LogP contribution in [0.1, 0.15) is 44.0 Å². The lowest BCUT2D eigenvalue weighted by Gasteiger charge is -2.47. The number of carbonyl (C=O) groups excluding carboxylic acids is 3. The molecule has 2 saturated heterocycles. The molecule has 10 nitrogen and oxygen atoms in total.